The molecule has 2 amide bonds. The minimum atomic E-state index is -1.09. The largest absolute Gasteiger partial charge is 0.480 e. The van der Waals surface area contributed by atoms with E-state index in [1.165, 1.54) is 11.9 Å². The fourth-order valence-electron chi connectivity index (χ4n) is 1.71. The lowest BCUT2D eigenvalue weighted by atomic mass is 10.1. The first-order valence-corrected chi connectivity index (χ1v) is 6.14. The topological polar surface area (TPSA) is 93.4 Å². The molecule has 6 nitrogen and oxygen atoms in total. The number of nitrogens with zero attached hydrogens (tertiary/aromatic N) is 2. The second kappa shape index (κ2) is 6.57. The van der Waals surface area contributed by atoms with E-state index in [0.29, 0.717) is 11.3 Å². The van der Waals surface area contributed by atoms with Gasteiger partial charge in [-0.05, 0) is 18.1 Å². The Morgan fingerprint density at radius 2 is 1.95 bits per heavy atom. The molecule has 106 valence electrons. The zero-order valence-corrected chi connectivity index (χ0v) is 11.6. The molecule has 0 unspecified atom stereocenters. The maximum absolute atomic E-state index is 12.1. The molecule has 1 aromatic rings. The minimum Gasteiger partial charge on any atom is -0.480 e. The van der Waals surface area contributed by atoms with Gasteiger partial charge in [0.15, 0.2) is 0 Å². The number of para-hydroxylation sites is 1. The maximum atomic E-state index is 12.1. The lowest BCUT2D eigenvalue weighted by Gasteiger charge is -2.23. The van der Waals surface area contributed by atoms with Gasteiger partial charge in [-0.15, -0.1) is 0 Å². The van der Waals surface area contributed by atoms with Crippen molar-refractivity contribution in [1.29, 1.82) is 5.26 Å². The second-order valence-electron chi connectivity index (χ2n) is 4.70. The first kappa shape index (κ1) is 15.5. The van der Waals surface area contributed by atoms with Gasteiger partial charge in [0.05, 0.1) is 11.3 Å². The van der Waals surface area contributed by atoms with Crippen LogP contribution in [0.5, 0.6) is 0 Å². The number of carboxylic acid groups (broad SMARTS) is 1. The molecular formula is C14H17N3O3. The lowest BCUT2D eigenvalue weighted by molar-refractivity contribution is -0.140. The monoisotopic (exact) mass is 275 g/mol. The van der Waals surface area contributed by atoms with Gasteiger partial charge in [-0.25, -0.2) is 9.59 Å². The molecule has 0 heterocycles. The Hall–Kier alpha value is -2.55. The number of carbonyl (C=O) groups excluding carboxylic acids is 1. The fraction of sp³-hybridized carbons (Fsp3) is 0.357. The molecule has 6 heteroatoms. The standard InChI is InChI=1S/C14H17N3O3/c1-9(2)12(13(18)19)16-14(20)17(3)11-7-5-4-6-10(11)8-15/h4-7,9,12H,1-3H3,(H,16,20)(H,18,19)/t12-/m1/s1. The summed E-state index contributed by atoms with van der Waals surface area (Å²) in [6.07, 6.45) is 0. The van der Waals surface area contributed by atoms with E-state index in [2.05, 4.69) is 5.32 Å². The van der Waals surface area contributed by atoms with Gasteiger partial charge < -0.3 is 10.4 Å². The highest BCUT2D eigenvalue weighted by Crippen LogP contribution is 2.18. The zero-order valence-electron chi connectivity index (χ0n) is 11.6. The number of nitriles is 1. The average molecular weight is 275 g/mol. The van der Waals surface area contributed by atoms with E-state index in [4.69, 9.17) is 10.4 Å². The molecule has 1 atom stereocenters. The molecule has 1 aromatic carbocycles. The first-order chi connectivity index (χ1) is 9.38. The Labute approximate surface area is 117 Å². The predicted molar refractivity (Wildman–Crippen MR) is 74.4 cm³/mol. The van der Waals surface area contributed by atoms with Crippen molar-refractivity contribution < 1.29 is 14.7 Å². The second-order valence-corrected chi connectivity index (χ2v) is 4.70. The van der Waals surface area contributed by atoms with Gasteiger partial charge in [0, 0.05) is 7.05 Å². The highest BCUT2D eigenvalue weighted by atomic mass is 16.4. The summed E-state index contributed by atoms with van der Waals surface area (Å²) in [5, 5.41) is 20.5. The van der Waals surface area contributed by atoms with Crippen molar-refractivity contribution in [2.24, 2.45) is 5.92 Å². The van der Waals surface area contributed by atoms with Crippen molar-refractivity contribution in [2.75, 3.05) is 11.9 Å². The SMILES string of the molecule is CC(C)[C@@H](NC(=O)N(C)c1ccccc1C#N)C(=O)O. The molecule has 0 aliphatic rings. The third-order valence-corrected chi connectivity index (χ3v) is 2.90. The maximum Gasteiger partial charge on any atom is 0.326 e. The molecule has 20 heavy (non-hydrogen) atoms. The number of aliphatic carboxylic acids is 1. The van der Waals surface area contributed by atoms with Crippen LogP contribution in [0.15, 0.2) is 24.3 Å². The van der Waals surface area contributed by atoms with Crippen LogP contribution in [-0.4, -0.2) is 30.2 Å². The number of urea groups is 1. The first-order valence-electron chi connectivity index (χ1n) is 6.14. The van der Waals surface area contributed by atoms with Crippen LogP contribution in [-0.2, 0) is 4.79 Å². The van der Waals surface area contributed by atoms with Crippen LogP contribution in [0.4, 0.5) is 10.5 Å². The van der Waals surface area contributed by atoms with Gasteiger partial charge >= 0.3 is 12.0 Å². The molecule has 1 rings (SSSR count). The quantitative estimate of drug-likeness (QED) is 0.876. The summed E-state index contributed by atoms with van der Waals surface area (Å²) in [6.45, 7) is 3.42. The van der Waals surface area contributed by atoms with Crippen LogP contribution in [0.3, 0.4) is 0 Å². The van der Waals surface area contributed by atoms with Gasteiger partial charge in [0.1, 0.15) is 12.1 Å². The van der Waals surface area contributed by atoms with Gasteiger partial charge in [-0.1, -0.05) is 26.0 Å². The van der Waals surface area contributed by atoms with Gasteiger partial charge in [-0.3, -0.25) is 4.90 Å². The number of amides is 2. The van der Waals surface area contributed by atoms with Gasteiger partial charge in [-0.2, -0.15) is 5.26 Å². The van der Waals surface area contributed by atoms with Crippen molar-refractivity contribution in [3.05, 3.63) is 29.8 Å². The van der Waals surface area contributed by atoms with Crippen LogP contribution in [0.2, 0.25) is 0 Å². The fourth-order valence-corrected chi connectivity index (χ4v) is 1.71. The van der Waals surface area contributed by atoms with Crippen molar-refractivity contribution in [2.45, 2.75) is 19.9 Å². The highest BCUT2D eigenvalue weighted by molar-refractivity contribution is 5.95. The number of carboxylic acids is 1. The molecule has 0 aliphatic carbocycles. The van der Waals surface area contributed by atoms with Crippen LogP contribution in [0.1, 0.15) is 19.4 Å². The molecule has 0 fully saturated rings. The minimum absolute atomic E-state index is 0.240. The summed E-state index contributed by atoms with van der Waals surface area (Å²) in [5.41, 5.74) is 0.780. The number of nitrogens with one attached hydrogen (secondary N) is 1. The van der Waals surface area contributed by atoms with Gasteiger partial charge in [0.2, 0.25) is 0 Å². The smallest absolute Gasteiger partial charge is 0.326 e. The normalized spacial score (nSPS) is 11.6. The predicted octanol–water partition coefficient (Wildman–Crippen LogP) is 1.81. The molecule has 0 aliphatic heterocycles. The number of hydrogen-bond donors (Lipinski definition) is 2. The zero-order chi connectivity index (χ0) is 15.3. The molecule has 2 N–H and O–H groups in total. The Morgan fingerprint density at radius 1 is 1.35 bits per heavy atom. The summed E-state index contributed by atoms with van der Waals surface area (Å²) in [7, 11) is 1.49. The van der Waals surface area contributed by atoms with E-state index in [0.717, 1.165) is 0 Å². The van der Waals surface area contributed by atoms with Crippen molar-refractivity contribution in [1.82, 2.24) is 5.32 Å². The summed E-state index contributed by atoms with van der Waals surface area (Å²) in [4.78, 5) is 24.4. The van der Waals surface area contributed by atoms with Crippen molar-refractivity contribution >= 4 is 17.7 Å². The number of carbonyl (C=O) groups is 2. The van der Waals surface area contributed by atoms with E-state index in [1.54, 1.807) is 38.1 Å². The Bertz CT molecular complexity index is 549. The summed E-state index contributed by atoms with van der Waals surface area (Å²) in [5.74, 6) is -1.33. The van der Waals surface area contributed by atoms with E-state index >= 15 is 0 Å². The average Bonchev–Trinajstić information content (AvgIpc) is 2.42. The molecule has 0 spiro atoms. The van der Waals surface area contributed by atoms with E-state index in [1.807, 2.05) is 6.07 Å². The number of benzene rings is 1. The van der Waals surface area contributed by atoms with Crippen molar-refractivity contribution in [3.8, 4) is 6.07 Å². The van der Waals surface area contributed by atoms with Crippen molar-refractivity contribution in [3.63, 3.8) is 0 Å². The Kier molecular flexibility index (Phi) is 5.09. The summed E-state index contributed by atoms with van der Waals surface area (Å²) < 4.78 is 0. The summed E-state index contributed by atoms with van der Waals surface area (Å²) >= 11 is 0. The number of rotatable bonds is 4. The van der Waals surface area contributed by atoms with Crippen LogP contribution in [0.25, 0.3) is 0 Å². The van der Waals surface area contributed by atoms with E-state index < -0.39 is 18.0 Å². The van der Waals surface area contributed by atoms with Crippen LogP contribution >= 0.6 is 0 Å². The third kappa shape index (κ3) is 3.48. The number of anilines is 1. The van der Waals surface area contributed by atoms with E-state index in [-0.39, 0.29) is 5.92 Å². The molecule has 0 radical (unpaired) electrons. The van der Waals surface area contributed by atoms with Gasteiger partial charge in [0.25, 0.3) is 0 Å². The Morgan fingerprint density at radius 3 is 2.45 bits per heavy atom. The third-order valence-electron chi connectivity index (χ3n) is 2.90. The van der Waals surface area contributed by atoms with Crippen LogP contribution in [0, 0.1) is 17.2 Å². The molecular weight excluding hydrogens is 258 g/mol. The summed E-state index contributed by atoms with van der Waals surface area (Å²) in [6, 6.07) is 7.08. The molecule has 0 saturated carbocycles. The number of hydrogen-bond acceptors (Lipinski definition) is 3. The van der Waals surface area contributed by atoms with E-state index in [9.17, 15) is 9.59 Å². The van der Waals surface area contributed by atoms with Crippen LogP contribution < -0.4 is 10.2 Å². The lowest BCUT2D eigenvalue weighted by Crippen LogP contribution is -2.49. The molecule has 0 bridgehead atoms. The Balaban J connectivity index is 2.92. The molecule has 0 aromatic heterocycles. The highest BCUT2D eigenvalue weighted by Gasteiger charge is 2.25. The molecule has 0 saturated heterocycles.